The normalized spacial score (nSPS) is 15.9. The van der Waals surface area contributed by atoms with Crippen molar-refractivity contribution >= 4 is 18.0 Å². The standard InChI is InChI=1S/C14H24N2O5/c1-10(2)16(9-6-12(17)18)14(20)15-7-4-11(5-8-15)13(19)21-3/h10-11H,4-9H2,1-3H3,(H,17,18). The summed E-state index contributed by atoms with van der Waals surface area (Å²) in [4.78, 5) is 37.8. The van der Waals surface area contributed by atoms with Crippen molar-refractivity contribution < 1.29 is 24.2 Å². The van der Waals surface area contributed by atoms with Gasteiger partial charge in [-0.3, -0.25) is 9.59 Å². The minimum atomic E-state index is -0.919. The Morgan fingerprint density at radius 3 is 2.29 bits per heavy atom. The second-order valence-electron chi connectivity index (χ2n) is 5.50. The maximum Gasteiger partial charge on any atom is 0.320 e. The first kappa shape index (κ1) is 17.3. The molecule has 1 aliphatic heterocycles. The Kier molecular flexibility index (Phi) is 6.45. The van der Waals surface area contributed by atoms with Crippen molar-refractivity contribution in [2.45, 2.75) is 39.2 Å². The Morgan fingerprint density at radius 1 is 1.29 bits per heavy atom. The number of aliphatic carboxylic acids is 1. The van der Waals surface area contributed by atoms with Gasteiger partial charge in [0.25, 0.3) is 0 Å². The van der Waals surface area contributed by atoms with Gasteiger partial charge >= 0.3 is 18.0 Å². The first-order valence-electron chi connectivity index (χ1n) is 7.22. The molecule has 0 aromatic carbocycles. The zero-order valence-electron chi connectivity index (χ0n) is 12.9. The van der Waals surface area contributed by atoms with Crippen LogP contribution in [0.15, 0.2) is 0 Å². The van der Waals surface area contributed by atoms with Gasteiger partial charge in [0.05, 0.1) is 19.4 Å². The number of esters is 1. The number of carboxylic acid groups (broad SMARTS) is 1. The number of nitrogens with zero attached hydrogens (tertiary/aromatic N) is 2. The SMILES string of the molecule is COC(=O)C1CCN(C(=O)N(CCC(=O)O)C(C)C)CC1. The van der Waals surface area contributed by atoms with E-state index in [0.29, 0.717) is 25.9 Å². The van der Waals surface area contributed by atoms with E-state index in [-0.39, 0.29) is 36.9 Å². The Hall–Kier alpha value is -1.79. The van der Waals surface area contributed by atoms with Crippen LogP contribution in [0.3, 0.4) is 0 Å². The van der Waals surface area contributed by atoms with Crippen molar-refractivity contribution in [2.75, 3.05) is 26.7 Å². The van der Waals surface area contributed by atoms with Crippen LogP contribution in [-0.2, 0) is 14.3 Å². The predicted octanol–water partition coefficient (Wildman–Crippen LogP) is 1.18. The summed E-state index contributed by atoms with van der Waals surface area (Å²) in [6.45, 7) is 4.91. The zero-order valence-corrected chi connectivity index (χ0v) is 12.9. The van der Waals surface area contributed by atoms with Crippen LogP contribution < -0.4 is 0 Å². The molecule has 1 fully saturated rings. The number of likely N-dealkylation sites (tertiary alicyclic amines) is 1. The lowest BCUT2D eigenvalue weighted by Crippen LogP contribution is -2.50. The second-order valence-corrected chi connectivity index (χ2v) is 5.50. The number of hydrogen-bond acceptors (Lipinski definition) is 4. The summed E-state index contributed by atoms with van der Waals surface area (Å²) in [5.41, 5.74) is 0. The molecule has 7 nitrogen and oxygen atoms in total. The molecule has 0 radical (unpaired) electrons. The van der Waals surface area contributed by atoms with Gasteiger partial charge in [-0.15, -0.1) is 0 Å². The lowest BCUT2D eigenvalue weighted by molar-refractivity contribution is -0.147. The van der Waals surface area contributed by atoms with Crippen molar-refractivity contribution in [3.8, 4) is 0 Å². The molecule has 1 N–H and O–H groups in total. The van der Waals surface area contributed by atoms with E-state index >= 15 is 0 Å². The number of ether oxygens (including phenoxy) is 1. The van der Waals surface area contributed by atoms with E-state index in [0.717, 1.165) is 0 Å². The molecule has 0 unspecified atom stereocenters. The fraction of sp³-hybridized carbons (Fsp3) is 0.786. The van der Waals surface area contributed by atoms with Crippen molar-refractivity contribution in [1.82, 2.24) is 9.80 Å². The first-order valence-corrected chi connectivity index (χ1v) is 7.22. The number of urea groups is 1. The van der Waals surface area contributed by atoms with Crippen LogP contribution in [0.1, 0.15) is 33.1 Å². The highest BCUT2D eigenvalue weighted by molar-refractivity contribution is 5.77. The molecular formula is C14H24N2O5. The highest BCUT2D eigenvalue weighted by atomic mass is 16.5. The van der Waals surface area contributed by atoms with E-state index in [4.69, 9.17) is 9.84 Å². The van der Waals surface area contributed by atoms with E-state index in [1.807, 2.05) is 13.8 Å². The van der Waals surface area contributed by atoms with Gasteiger partial charge in [0.1, 0.15) is 0 Å². The third-order valence-corrected chi connectivity index (χ3v) is 3.74. The van der Waals surface area contributed by atoms with Gasteiger partial charge < -0.3 is 19.6 Å². The Labute approximate surface area is 124 Å². The molecule has 2 amide bonds. The molecule has 21 heavy (non-hydrogen) atoms. The summed E-state index contributed by atoms with van der Waals surface area (Å²) in [5, 5.41) is 8.76. The van der Waals surface area contributed by atoms with E-state index in [9.17, 15) is 14.4 Å². The summed E-state index contributed by atoms with van der Waals surface area (Å²) >= 11 is 0. The lowest BCUT2D eigenvalue weighted by Gasteiger charge is -2.36. The molecular weight excluding hydrogens is 276 g/mol. The smallest absolute Gasteiger partial charge is 0.320 e. The largest absolute Gasteiger partial charge is 0.481 e. The van der Waals surface area contributed by atoms with Crippen LogP contribution >= 0.6 is 0 Å². The van der Waals surface area contributed by atoms with Crippen LogP contribution in [-0.4, -0.2) is 65.7 Å². The summed E-state index contributed by atoms with van der Waals surface area (Å²) in [6.07, 6.45) is 1.11. The molecule has 120 valence electrons. The van der Waals surface area contributed by atoms with Gasteiger partial charge in [0.2, 0.25) is 0 Å². The highest BCUT2D eigenvalue weighted by Crippen LogP contribution is 2.20. The molecule has 0 bridgehead atoms. The summed E-state index contributed by atoms with van der Waals surface area (Å²) in [5.74, 6) is -1.29. The van der Waals surface area contributed by atoms with Crippen molar-refractivity contribution in [2.24, 2.45) is 5.92 Å². The average molecular weight is 300 g/mol. The maximum atomic E-state index is 12.4. The molecule has 0 aliphatic carbocycles. The van der Waals surface area contributed by atoms with Gasteiger partial charge in [-0.1, -0.05) is 0 Å². The van der Waals surface area contributed by atoms with E-state index in [2.05, 4.69) is 0 Å². The van der Waals surface area contributed by atoms with E-state index in [1.165, 1.54) is 7.11 Å². The number of carboxylic acids is 1. The van der Waals surface area contributed by atoms with E-state index < -0.39 is 5.97 Å². The molecule has 1 rings (SSSR count). The lowest BCUT2D eigenvalue weighted by atomic mass is 9.97. The van der Waals surface area contributed by atoms with Crippen LogP contribution in [0.2, 0.25) is 0 Å². The van der Waals surface area contributed by atoms with Crippen molar-refractivity contribution in [3.05, 3.63) is 0 Å². The molecule has 7 heteroatoms. The van der Waals surface area contributed by atoms with Gasteiger partial charge in [-0.05, 0) is 26.7 Å². The second kappa shape index (κ2) is 7.85. The van der Waals surface area contributed by atoms with Crippen LogP contribution in [0.25, 0.3) is 0 Å². The zero-order chi connectivity index (χ0) is 16.0. The predicted molar refractivity (Wildman–Crippen MR) is 75.8 cm³/mol. The monoisotopic (exact) mass is 300 g/mol. The number of methoxy groups -OCH3 is 1. The fourth-order valence-corrected chi connectivity index (χ4v) is 2.45. The molecule has 1 saturated heterocycles. The quantitative estimate of drug-likeness (QED) is 0.770. The van der Waals surface area contributed by atoms with Crippen molar-refractivity contribution in [1.29, 1.82) is 0 Å². The molecule has 0 aromatic rings. The average Bonchev–Trinajstić information content (AvgIpc) is 2.45. The van der Waals surface area contributed by atoms with Crippen LogP contribution in [0, 0.1) is 5.92 Å². The molecule has 1 heterocycles. The summed E-state index contributed by atoms with van der Waals surface area (Å²) in [6, 6.07) is -0.218. The summed E-state index contributed by atoms with van der Waals surface area (Å²) < 4.78 is 4.72. The van der Waals surface area contributed by atoms with E-state index in [1.54, 1.807) is 9.80 Å². The molecule has 0 spiro atoms. The Balaban J connectivity index is 2.57. The minimum Gasteiger partial charge on any atom is -0.481 e. The van der Waals surface area contributed by atoms with Crippen LogP contribution in [0.5, 0.6) is 0 Å². The molecule has 0 atom stereocenters. The number of carbonyl (C=O) groups excluding carboxylic acids is 2. The molecule has 0 aromatic heterocycles. The van der Waals surface area contributed by atoms with Crippen molar-refractivity contribution in [3.63, 3.8) is 0 Å². The number of hydrogen-bond donors (Lipinski definition) is 1. The van der Waals surface area contributed by atoms with Crippen LogP contribution in [0.4, 0.5) is 4.79 Å². The Bertz CT molecular complexity index is 389. The number of piperidine rings is 1. The third-order valence-electron chi connectivity index (χ3n) is 3.74. The summed E-state index contributed by atoms with van der Waals surface area (Å²) in [7, 11) is 1.37. The van der Waals surface area contributed by atoms with Gasteiger partial charge in [0.15, 0.2) is 0 Å². The maximum absolute atomic E-state index is 12.4. The third kappa shape index (κ3) is 4.91. The van der Waals surface area contributed by atoms with Gasteiger partial charge in [-0.2, -0.15) is 0 Å². The van der Waals surface area contributed by atoms with Gasteiger partial charge in [-0.25, -0.2) is 4.79 Å². The minimum absolute atomic E-state index is 0.0600. The topological polar surface area (TPSA) is 87.2 Å². The van der Waals surface area contributed by atoms with Gasteiger partial charge in [0, 0.05) is 25.7 Å². The highest BCUT2D eigenvalue weighted by Gasteiger charge is 2.30. The fourth-order valence-electron chi connectivity index (χ4n) is 2.45. The number of rotatable bonds is 5. The Morgan fingerprint density at radius 2 is 1.86 bits per heavy atom. The number of amides is 2. The first-order chi connectivity index (χ1) is 9.86. The number of carbonyl (C=O) groups is 3. The molecule has 1 aliphatic rings. The molecule has 0 saturated carbocycles.